The molecule has 4 atom stereocenters. The molecule has 0 unspecified atom stereocenters. The van der Waals surface area contributed by atoms with Gasteiger partial charge in [0, 0.05) is 12.3 Å². The Morgan fingerprint density at radius 2 is 1.91 bits per heavy atom. The van der Waals surface area contributed by atoms with Crippen molar-refractivity contribution in [3.05, 3.63) is 35.6 Å². The van der Waals surface area contributed by atoms with Gasteiger partial charge in [-0.25, -0.2) is 4.39 Å². The Morgan fingerprint density at radius 3 is 2.41 bits per heavy atom. The molecule has 5 heteroatoms. The summed E-state index contributed by atoms with van der Waals surface area (Å²) in [5, 5.41) is 10.5. The van der Waals surface area contributed by atoms with E-state index in [4.69, 9.17) is 0 Å². The standard InChI is InChI=1S/C17H19FO4/c1-9(19)14-13(21)8-17(3,22)16(10(2)20)15(14)11-5-4-6-12(18)7-11/h4-7,14-16,22H,8H2,1-3H3/t14-,15+,16+,17+/m0/s1. The van der Waals surface area contributed by atoms with Crippen molar-refractivity contribution in [2.24, 2.45) is 11.8 Å². The van der Waals surface area contributed by atoms with Gasteiger partial charge in [0.2, 0.25) is 0 Å². The SMILES string of the molecule is CC(=O)[C@H]1C(=O)C[C@@](C)(O)[C@H](C(C)=O)[C@@H]1c1cccc(F)c1. The van der Waals surface area contributed by atoms with E-state index in [0.717, 1.165) is 0 Å². The van der Waals surface area contributed by atoms with E-state index in [0.29, 0.717) is 5.56 Å². The van der Waals surface area contributed by atoms with Crippen molar-refractivity contribution in [1.82, 2.24) is 0 Å². The van der Waals surface area contributed by atoms with E-state index in [1.165, 1.54) is 39.0 Å². The first-order chi connectivity index (χ1) is 10.1. The van der Waals surface area contributed by atoms with E-state index >= 15 is 0 Å². The monoisotopic (exact) mass is 306 g/mol. The number of carbonyl (C=O) groups excluding carboxylic acids is 3. The fraction of sp³-hybridized carbons (Fsp3) is 0.471. The van der Waals surface area contributed by atoms with Crippen molar-refractivity contribution in [3.8, 4) is 0 Å². The number of hydrogen-bond donors (Lipinski definition) is 1. The lowest BCUT2D eigenvalue weighted by Crippen LogP contribution is -2.53. The zero-order chi connectivity index (χ0) is 16.7. The maximum atomic E-state index is 13.6. The van der Waals surface area contributed by atoms with Gasteiger partial charge in [0.05, 0.1) is 17.4 Å². The van der Waals surface area contributed by atoms with Gasteiger partial charge in [-0.1, -0.05) is 12.1 Å². The minimum absolute atomic E-state index is 0.257. The van der Waals surface area contributed by atoms with E-state index in [1.807, 2.05) is 0 Å². The first-order valence-electron chi connectivity index (χ1n) is 7.16. The van der Waals surface area contributed by atoms with Gasteiger partial charge in [-0.3, -0.25) is 14.4 Å². The highest BCUT2D eigenvalue weighted by molar-refractivity contribution is 6.05. The summed E-state index contributed by atoms with van der Waals surface area (Å²) in [6, 6.07) is 5.50. The molecule has 2 rings (SSSR count). The van der Waals surface area contributed by atoms with Gasteiger partial charge < -0.3 is 5.11 Å². The lowest BCUT2D eigenvalue weighted by molar-refractivity contribution is -0.151. The number of hydrogen-bond acceptors (Lipinski definition) is 4. The Kier molecular flexibility index (Phi) is 4.29. The summed E-state index contributed by atoms with van der Waals surface area (Å²) in [6.07, 6.45) is -0.257. The number of halogens is 1. The van der Waals surface area contributed by atoms with Crippen molar-refractivity contribution in [3.63, 3.8) is 0 Å². The molecule has 0 spiro atoms. The molecule has 1 fully saturated rings. The summed E-state index contributed by atoms with van der Waals surface area (Å²) in [7, 11) is 0. The molecule has 1 aliphatic carbocycles. The largest absolute Gasteiger partial charge is 0.389 e. The molecule has 0 saturated heterocycles. The van der Waals surface area contributed by atoms with Gasteiger partial charge in [0.15, 0.2) is 0 Å². The minimum atomic E-state index is -1.55. The van der Waals surface area contributed by atoms with Crippen molar-refractivity contribution < 1.29 is 23.9 Å². The second-order valence-electron chi connectivity index (χ2n) is 6.26. The summed E-state index contributed by atoms with van der Waals surface area (Å²) in [5.41, 5.74) is -1.17. The van der Waals surface area contributed by atoms with Crippen LogP contribution in [0, 0.1) is 17.7 Å². The van der Waals surface area contributed by atoms with Gasteiger partial charge in [0.1, 0.15) is 23.2 Å². The van der Waals surface area contributed by atoms with Gasteiger partial charge in [0.25, 0.3) is 0 Å². The maximum absolute atomic E-state index is 13.6. The highest BCUT2D eigenvalue weighted by atomic mass is 19.1. The number of carbonyl (C=O) groups is 3. The maximum Gasteiger partial charge on any atom is 0.146 e. The fourth-order valence-corrected chi connectivity index (χ4v) is 3.62. The van der Waals surface area contributed by atoms with Crippen LogP contribution >= 0.6 is 0 Å². The molecule has 1 aliphatic rings. The summed E-state index contributed by atoms with van der Waals surface area (Å²) in [6.45, 7) is 4.02. The fourth-order valence-electron chi connectivity index (χ4n) is 3.62. The van der Waals surface area contributed by atoms with Crippen molar-refractivity contribution in [2.45, 2.75) is 38.7 Å². The van der Waals surface area contributed by atoms with E-state index in [9.17, 15) is 23.9 Å². The number of Topliss-reactive ketones (excluding diaryl/α,β-unsaturated/α-hetero) is 3. The molecule has 0 aromatic heterocycles. The van der Waals surface area contributed by atoms with Gasteiger partial charge >= 0.3 is 0 Å². The van der Waals surface area contributed by atoms with E-state index in [1.54, 1.807) is 6.07 Å². The molecule has 1 N–H and O–H groups in total. The molecule has 0 aliphatic heterocycles. The Balaban J connectivity index is 2.64. The molecule has 0 amide bonds. The van der Waals surface area contributed by atoms with Crippen molar-refractivity contribution >= 4 is 17.3 Å². The van der Waals surface area contributed by atoms with Crippen LogP contribution in [0.15, 0.2) is 24.3 Å². The van der Waals surface area contributed by atoms with Crippen molar-refractivity contribution in [2.75, 3.05) is 0 Å². The second kappa shape index (κ2) is 5.72. The second-order valence-corrected chi connectivity index (χ2v) is 6.26. The molecular weight excluding hydrogens is 287 g/mol. The molecule has 0 radical (unpaired) electrons. The van der Waals surface area contributed by atoms with Gasteiger partial charge in [-0.2, -0.15) is 0 Å². The Morgan fingerprint density at radius 1 is 1.27 bits per heavy atom. The van der Waals surface area contributed by atoms with Crippen LogP contribution in [0.5, 0.6) is 0 Å². The number of ketones is 3. The van der Waals surface area contributed by atoms with Gasteiger partial charge in [-0.05, 0) is 38.5 Å². The average molecular weight is 306 g/mol. The highest BCUT2D eigenvalue weighted by Gasteiger charge is 2.53. The molecule has 22 heavy (non-hydrogen) atoms. The number of benzene rings is 1. The van der Waals surface area contributed by atoms with Crippen LogP contribution in [0.2, 0.25) is 0 Å². The smallest absolute Gasteiger partial charge is 0.146 e. The average Bonchev–Trinajstić information content (AvgIpc) is 2.35. The first kappa shape index (κ1) is 16.5. The molecule has 0 heterocycles. The topological polar surface area (TPSA) is 71.4 Å². The predicted octanol–water partition coefficient (Wildman–Crippen LogP) is 2.04. The quantitative estimate of drug-likeness (QED) is 0.868. The molecule has 0 bridgehead atoms. The normalized spacial score (nSPS) is 31.9. The summed E-state index contributed by atoms with van der Waals surface area (Å²) >= 11 is 0. The Hall–Kier alpha value is -1.88. The van der Waals surface area contributed by atoms with E-state index in [-0.39, 0.29) is 18.0 Å². The van der Waals surface area contributed by atoms with E-state index < -0.39 is 35.0 Å². The first-order valence-corrected chi connectivity index (χ1v) is 7.16. The third-order valence-corrected chi connectivity index (χ3v) is 4.38. The predicted molar refractivity (Wildman–Crippen MR) is 77.7 cm³/mol. The number of aliphatic hydroxyl groups is 1. The van der Waals surface area contributed by atoms with E-state index in [2.05, 4.69) is 0 Å². The Labute approximate surface area is 128 Å². The lowest BCUT2D eigenvalue weighted by Gasteiger charge is -2.44. The van der Waals surface area contributed by atoms with Gasteiger partial charge in [-0.15, -0.1) is 0 Å². The molecule has 1 saturated carbocycles. The van der Waals surface area contributed by atoms with Crippen LogP contribution in [0.3, 0.4) is 0 Å². The van der Waals surface area contributed by atoms with Crippen LogP contribution < -0.4 is 0 Å². The zero-order valence-corrected chi connectivity index (χ0v) is 12.8. The Bertz CT molecular complexity index is 635. The van der Waals surface area contributed by atoms with Crippen LogP contribution in [0.1, 0.15) is 38.7 Å². The summed E-state index contributed by atoms with van der Waals surface area (Å²) in [5.74, 6) is -4.43. The minimum Gasteiger partial charge on any atom is -0.389 e. The molecule has 118 valence electrons. The van der Waals surface area contributed by atoms with Crippen LogP contribution in [0.4, 0.5) is 4.39 Å². The summed E-state index contributed by atoms with van der Waals surface area (Å²) in [4.78, 5) is 36.3. The van der Waals surface area contributed by atoms with Crippen molar-refractivity contribution in [1.29, 1.82) is 0 Å². The third kappa shape index (κ3) is 2.86. The third-order valence-electron chi connectivity index (χ3n) is 4.38. The highest BCUT2D eigenvalue weighted by Crippen LogP contribution is 2.46. The molecule has 4 nitrogen and oxygen atoms in total. The lowest BCUT2D eigenvalue weighted by atomic mass is 9.60. The molecule has 1 aromatic rings. The van der Waals surface area contributed by atoms with Crippen LogP contribution in [-0.4, -0.2) is 28.1 Å². The molecule has 1 aromatic carbocycles. The number of rotatable bonds is 3. The van der Waals surface area contributed by atoms with Crippen LogP contribution in [-0.2, 0) is 14.4 Å². The summed E-state index contributed by atoms with van der Waals surface area (Å²) < 4.78 is 13.6. The molecular formula is C17H19FO4. The van der Waals surface area contributed by atoms with Crippen LogP contribution in [0.25, 0.3) is 0 Å². The zero-order valence-electron chi connectivity index (χ0n) is 12.8.